The molecule has 31 heavy (non-hydrogen) atoms. The summed E-state index contributed by atoms with van der Waals surface area (Å²) in [7, 11) is 0. The predicted molar refractivity (Wildman–Crippen MR) is 110 cm³/mol. The third-order valence-corrected chi connectivity index (χ3v) is 5.25. The van der Waals surface area contributed by atoms with Gasteiger partial charge in [-0.2, -0.15) is 0 Å². The second-order valence-corrected chi connectivity index (χ2v) is 7.29. The van der Waals surface area contributed by atoms with Crippen LogP contribution >= 0.6 is 0 Å². The van der Waals surface area contributed by atoms with E-state index in [-0.39, 0.29) is 31.0 Å². The molecule has 9 heteroatoms. The molecule has 1 fully saturated rings. The van der Waals surface area contributed by atoms with Crippen LogP contribution in [-0.2, 0) is 4.79 Å². The van der Waals surface area contributed by atoms with Crippen molar-refractivity contribution in [2.75, 3.05) is 52.7 Å². The number of nitrogens with zero attached hydrogens (tertiary/aromatic N) is 2. The van der Waals surface area contributed by atoms with Crippen LogP contribution in [0.2, 0.25) is 0 Å². The molecule has 2 aliphatic rings. The first-order valence-electron chi connectivity index (χ1n) is 10.1. The lowest BCUT2D eigenvalue weighted by atomic mass is 10.2. The number of amides is 2. The van der Waals surface area contributed by atoms with Gasteiger partial charge in [-0.3, -0.25) is 14.5 Å². The van der Waals surface area contributed by atoms with Gasteiger partial charge in [0.15, 0.2) is 18.1 Å². The lowest BCUT2D eigenvalue weighted by molar-refractivity contribution is -0.135. The summed E-state index contributed by atoms with van der Waals surface area (Å²) < 4.78 is 28.9. The Labute approximate surface area is 179 Å². The highest BCUT2D eigenvalue weighted by Crippen LogP contribution is 2.32. The molecule has 0 bridgehead atoms. The molecule has 0 aliphatic carbocycles. The molecule has 0 radical (unpaired) electrons. The lowest BCUT2D eigenvalue weighted by Gasteiger charge is -2.34. The van der Waals surface area contributed by atoms with Crippen LogP contribution < -0.4 is 19.5 Å². The van der Waals surface area contributed by atoms with E-state index in [2.05, 4.69) is 10.2 Å². The summed E-state index contributed by atoms with van der Waals surface area (Å²) in [6, 6.07) is 10.7. The molecule has 2 aromatic rings. The maximum Gasteiger partial charge on any atom is 0.260 e. The van der Waals surface area contributed by atoms with Crippen LogP contribution in [0.15, 0.2) is 42.5 Å². The normalized spacial score (nSPS) is 15.6. The van der Waals surface area contributed by atoms with Gasteiger partial charge in [0.1, 0.15) is 11.6 Å². The van der Waals surface area contributed by atoms with Crippen LogP contribution in [0.3, 0.4) is 0 Å². The number of ether oxygens (including phenoxy) is 3. The van der Waals surface area contributed by atoms with E-state index in [0.29, 0.717) is 49.0 Å². The number of carbonyl (C=O) groups excluding carboxylic acids is 2. The Morgan fingerprint density at radius 2 is 1.74 bits per heavy atom. The highest BCUT2D eigenvalue weighted by atomic mass is 19.1. The van der Waals surface area contributed by atoms with Gasteiger partial charge in [-0.05, 0) is 42.5 Å². The zero-order chi connectivity index (χ0) is 21.6. The van der Waals surface area contributed by atoms with Gasteiger partial charge in [-0.25, -0.2) is 4.39 Å². The first kappa shape index (κ1) is 20.9. The summed E-state index contributed by atoms with van der Waals surface area (Å²) in [4.78, 5) is 28.6. The molecule has 8 nitrogen and oxygen atoms in total. The minimum Gasteiger partial charge on any atom is -0.484 e. The van der Waals surface area contributed by atoms with Crippen molar-refractivity contribution in [2.24, 2.45) is 0 Å². The number of benzene rings is 2. The van der Waals surface area contributed by atoms with E-state index in [1.807, 2.05) is 0 Å². The Morgan fingerprint density at radius 1 is 1.00 bits per heavy atom. The van der Waals surface area contributed by atoms with Crippen molar-refractivity contribution in [1.82, 2.24) is 15.1 Å². The molecule has 0 spiro atoms. The Balaban J connectivity index is 1.14. The number of hydrogen-bond donors (Lipinski definition) is 1. The highest BCUT2D eigenvalue weighted by Gasteiger charge is 2.21. The standard InChI is InChI=1S/C22H24FN3O5/c23-17-2-4-18(5-3-17)29-14-21(27)26-11-9-25(10-12-26)8-7-24-22(28)16-1-6-19-20(13-16)31-15-30-19/h1-6,13H,7-12,14-15H2,(H,24,28). The Morgan fingerprint density at radius 3 is 2.52 bits per heavy atom. The first-order valence-corrected chi connectivity index (χ1v) is 10.1. The van der Waals surface area contributed by atoms with Crippen molar-refractivity contribution in [2.45, 2.75) is 0 Å². The van der Waals surface area contributed by atoms with E-state index < -0.39 is 0 Å². The Bertz CT molecular complexity index is 929. The van der Waals surface area contributed by atoms with Gasteiger partial charge in [0.05, 0.1) is 0 Å². The molecule has 2 aliphatic heterocycles. The number of hydrogen-bond acceptors (Lipinski definition) is 6. The molecule has 0 atom stereocenters. The quantitative estimate of drug-likeness (QED) is 0.719. The largest absolute Gasteiger partial charge is 0.484 e. The summed E-state index contributed by atoms with van der Waals surface area (Å²) in [5, 5.41) is 2.91. The SMILES string of the molecule is O=C(NCCN1CCN(C(=O)COc2ccc(F)cc2)CC1)c1ccc2c(c1)OCO2. The van der Waals surface area contributed by atoms with E-state index in [4.69, 9.17) is 14.2 Å². The number of piperazine rings is 1. The number of rotatable bonds is 7. The summed E-state index contributed by atoms with van der Waals surface area (Å²) in [6.07, 6.45) is 0. The summed E-state index contributed by atoms with van der Waals surface area (Å²) in [6.45, 7) is 3.96. The lowest BCUT2D eigenvalue weighted by Crippen LogP contribution is -2.51. The second kappa shape index (κ2) is 9.65. The van der Waals surface area contributed by atoms with Gasteiger partial charge >= 0.3 is 0 Å². The topological polar surface area (TPSA) is 80.3 Å². The van der Waals surface area contributed by atoms with E-state index >= 15 is 0 Å². The molecule has 1 saturated heterocycles. The molecule has 2 aromatic carbocycles. The average Bonchev–Trinajstić information content (AvgIpc) is 3.27. The van der Waals surface area contributed by atoms with Gasteiger partial charge in [-0.1, -0.05) is 0 Å². The summed E-state index contributed by atoms with van der Waals surface area (Å²) >= 11 is 0. The van der Waals surface area contributed by atoms with Crippen LogP contribution in [0.1, 0.15) is 10.4 Å². The minimum absolute atomic E-state index is 0.0722. The molecule has 2 heterocycles. The van der Waals surface area contributed by atoms with Gasteiger partial charge in [0.2, 0.25) is 6.79 Å². The molecule has 4 rings (SSSR count). The van der Waals surface area contributed by atoms with Gasteiger partial charge < -0.3 is 24.4 Å². The van der Waals surface area contributed by atoms with Gasteiger partial charge in [0, 0.05) is 44.8 Å². The maximum atomic E-state index is 12.9. The number of fused-ring (bicyclic) bond motifs is 1. The van der Waals surface area contributed by atoms with Crippen LogP contribution in [0, 0.1) is 5.82 Å². The van der Waals surface area contributed by atoms with E-state index in [9.17, 15) is 14.0 Å². The third-order valence-electron chi connectivity index (χ3n) is 5.25. The van der Waals surface area contributed by atoms with Crippen LogP contribution in [0.5, 0.6) is 17.2 Å². The van der Waals surface area contributed by atoms with Crippen LogP contribution in [0.4, 0.5) is 4.39 Å². The fraction of sp³-hybridized carbons (Fsp3) is 0.364. The monoisotopic (exact) mass is 429 g/mol. The van der Waals surface area contributed by atoms with Gasteiger partial charge in [0.25, 0.3) is 11.8 Å². The van der Waals surface area contributed by atoms with Crippen molar-refractivity contribution in [3.05, 3.63) is 53.8 Å². The van der Waals surface area contributed by atoms with E-state index in [1.165, 1.54) is 24.3 Å². The van der Waals surface area contributed by atoms with E-state index in [1.54, 1.807) is 23.1 Å². The van der Waals surface area contributed by atoms with Crippen LogP contribution in [0.25, 0.3) is 0 Å². The zero-order valence-corrected chi connectivity index (χ0v) is 17.0. The summed E-state index contributed by atoms with van der Waals surface area (Å²) in [5.41, 5.74) is 0.529. The fourth-order valence-corrected chi connectivity index (χ4v) is 3.46. The number of halogens is 1. The van der Waals surface area contributed by atoms with Crippen molar-refractivity contribution in [1.29, 1.82) is 0 Å². The average molecular weight is 429 g/mol. The van der Waals surface area contributed by atoms with Crippen LogP contribution in [-0.4, -0.2) is 74.3 Å². The first-order chi connectivity index (χ1) is 15.1. The summed E-state index contributed by atoms with van der Waals surface area (Å²) in [5.74, 6) is 1.09. The molecule has 1 N–H and O–H groups in total. The number of nitrogens with one attached hydrogen (secondary N) is 1. The Kier molecular flexibility index (Phi) is 6.51. The second-order valence-electron chi connectivity index (χ2n) is 7.29. The van der Waals surface area contributed by atoms with Crippen molar-refractivity contribution >= 4 is 11.8 Å². The molecule has 0 unspecified atom stereocenters. The Hall–Kier alpha value is -3.33. The molecule has 2 amide bonds. The minimum atomic E-state index is -0.345. The highest BCUT2D eigenvalue weighted by molar-refractivity contribution is 5.94. The molecule has 0 aromatic heterocycles. The van der Waals surface area contributed by atoms with Crippen molar-refractivity contribution < 1.29 is 28.2 Å². The molecular weight excluding hydrogens is 405 g/mol. The third kappa shape index (κ3) is 5.43. The van der Waals surface area contributed by atoms with Crippen molar-refractivity contribution in [3.8, 4) is 17.2 Å². The number of carbonyl (C=O) groups is 2. The van der Waals surface area contributed by atoms with Gasteiger partial charge in [-0.15, -0.1) is 0 Å². The zero-order valence-electron chi connectivity index (χ0n) is 17.0. The predicted octanol–water partition coefficient (Wildman–Crippen LogP) is 1.51. The van der Waals surface area contributed by atoms with Crippen molar-refractivity contribution in [3.63, 3.8) is 0 Å². The fourth-order valence-electron chi connectivity index (χ4n) is 3.46. The smallest absolute Gasteiger partial charge is 0.260 e. The van der Waals surface area contributed by atoms with E-state index in [0.717, 1.165) is 13.1 Å². The molecule has 164 valence electrons. The molecular formula is C22H24FN3O5. The molecule has 0 saturated carbocycles. The maximum absolute atomic E-state index is 12.9.